The molecule has 0 atom stereocenters. The fraction of sp³-hybridized carbons (Fsp3) is 0.667. The highest BCUT2D eigenvalue weighted by Gasteiger charge is 2.22. The molecule has 0 amide bonds. The monoisotopic (exact) mass is 338 g/mol. The van der Waals surface area contributed by atoms with Crippen molar-refractivity contribution in [2.45, 2.75) is 52.4 Å². The second-order valence-electron chi connectivity index (χ2n) is 7.01. The van der Waals surface area contributed by atoms with E-state index in [1.165, 1.54) is 12.8 Å². The highest BCUT2D eigenvalue weighted by molar-refractivity contribution is 7.89. The first-order valence-electron chi connectivity index (χ1n) is 8.52. The van der Waals surface area contributed by atoms with E-state index in [0.717, 1.165) is 47.8 Å². The topological polar surface area (TPSA) is 49.4 Å². The molecule has 5 heteroatoms. The Morgan fingerprint density at radius 3 is 2.13 bits per heavy atom. The third-order valence-electron chi connectivity index (χ3n) is 5.16. The molecule has 1 fully saturated rings. The largest absolute Gasteiger partial charge is 0.302 e. The third-order valence-corrected chi connectivity index (χ3v) is 6.90. The number of sulfonamides is 1. The molecule has 0 radical (unpaired) electrons. The second-order valence-corrected chi connectivity index (χ2v) is 8.72. The quantitative estimate of drug-likeness (QED) is 0.898. The first-order valence-corrected chi connectivity index (χ1v) is 10.00. The fourth-order valence-corrected chi connectivity index (χ4v) is 4.91. The van der Waals surface area contributed by atoms with Crippen molar-refractivity contribution < 1.29 is 8.42 Å². The van der Waals surface area contributed by atoms with Crippen LogP contribution < -0.4 is 4.72 Å². The van der Waals surface area contributed by atoms with Crippen LogP contribution in [0.5, 0.6) is 0 Å². The number of likely N-dealkylation sites (tertiary alicyclic amines) is 1. The third kappa shape index (κ3) is 4.34. The summed E-state index contributed by atoms with van der Waals surface area (Å²) in [6.45, 7) is 13.4. The molecule has 1 saturated heterocycles. The Kier molecular flexibility index (Phi) is 5.87. The van der Waals surface area contributed by atoms with Gasteiger partial charge >= 0.3 is 0 Å². The Bertz CT molecular complexity index is 634. The molecule has 1 aliphatic heterocycles. The fourth-order valence-electron chi connectivity index (χ4n) is 3.28. The van der Waals surface area contributed by atoms with Crippen molar-refractivity contribution >= 4 is 10.0 Å². The summed E-state index contributed by atoms with van der Waals surface area (Å²) in [5.74, 6) is 0.795. The Labute approximate surface area is 141 Å². The highest BCUT2D eigenvalue weighted by atomic mass is 32.2. The van der Waals surface area contributed by atoms with Crippen LogP contribution in [-0.4, -0.2) is 39.5 Å². The smallest absolute Gasteiger partial charge is 0.241 e. The minimum absolute atomic E-state index is 0.460. The Morgan fingerprint density at radius 1 is 1.09 bits per heavy atom. The molecule has 23 heavy (non-hydrogen) atoms. The van der Waals surface area contributed by atoms with Crippen molar-refractivity contribution in [2.75, 3.05) is 26.2 Å². The number of nitrogens with one attached hydrogen (secondary N) is 1. The molecule has 1 aliphatic rings. The van der Waals surface area contributed by atoms with Crippen LogP contribution >= 0.6 is 0 Å². The van der Waals surface area contributed by atoms with Crippen molar-refractivity contribution in [1.29, 1.82) is 0 Å². The lowest BCUT2D eigenvalue weighted by Crippen LogP contribution is -2.39. The lowest BCUT2D eigenvalue weighted by atomic mass is 9.99. The van der Waals surface area contributed by atoms with Crippen molar-refractivity contribution in [3.63, 3.8) is 0 Å². The molecule has 1 heterocycles. The molecular formula is C18H30N2O2S. The zero-order valence-electron chi connectivity index (χ0n) is 15.1. The van der Waals surface area contributed by atoms with E-state index in [1.807, 2.05) is 27.7 Å². The highest BCUT2D eigenvalue weighted by Crippen LogP contribution is 2.25. The summed E-state index contributed by atoms with van der Waals surface area (Å²) in [5.41, 5.74) is 3.76. The van der Waals surface area contributed by atoms with Gasteiger partial charge < -0.3 is 4.90 Å². The Morgan fingerprint density at radius 2 is 1.61 bits per heavy atom. The standard InChI is InChI=1S/C18H30N2O2S/c1-13-6-9-20(10-7-13)11-8-19-23(21,22)18-16(4)14(2)12-15(3)17(18)5/h12-13,19H,6-11H2,1-5H3. The molecule has 1 aromatic carbocycles. The number of hydrogen-bond acceptors (Lipinski definition) is 3. The maximum absolute atomic E-state index is 12.7. The van der Waals surface area contributed by atoms with Gasteiger partial charge in [0.25, 0.3) is 0 Å². The van der Waals surface area contributed by atoms with Crippen LogP contribution in [0, 0.1) is 33.6 Å². The number of hydrogen-bond donors (Lipinski definition) is 1. The van der Waals surface area contributed by atoms with Crippen LogP contribution in [-0.2, 0) is 10.0 Å². The number of nitrogens with zero attached hydrogens (tertiary/aromatic N) is 1. The van der Waals surface area contributed by atoms with Gasteiger partial charge in [-0.05, 0) is 81.8 Å². The van der Waals surface area contributed by atoms with Crippen molar-refractivity contribution in [3.05, 3.63) is 28.3 Å². The molecule has 0 aromatic heterocycles. The van der Waals surface area contributed by atoms with Crippen LogP contribution in [0.2, 0.25) is 0 Å². The van der Waals surface area contributed by atoms with E-state index in [4.69, 9.17) is 0 Å². The summed E-state index contributed by atoms with van der Waals surface area (Å²) in [4.78, 5) is 2.81. The van der Waals surface area contributed by atoms with E-state index in [9.17, 15) is 8.42 Å². The zero-order valence-corrected chi connectivity index (χ0v) is 15.9. The minimum Gasteiger partial charge on any atom is -0.302 e. The molecule has 0 aliphatic carbocycles. The Hall–Kier alpha value is -0.910. The number of aryl methyl sites for hydroxylation is 2. The second kappa shape index (κ2) is 7.32. The van der Waals surface area contributed by atoms with Crippen molar-refractivity contribution in [3.8, 4) is 0 Å². The maximum atomic E-state index is 12.7. The van der Waals surface area contributed by atoms with Gasteiger partial charge in [0, 0.05) is 13.1 Å². The van der Waals surface area contributed by atoms with Gasteiger partial charge in [0.2, 0.25) is 10.0 Å². The SMILES string of the molecule is Cc1cc(C)c(C)c(S(=O)(=O)NCCN2CCC(C)CC2)c1C. The maximum Gasteiger partial charge on any atom is 0.241 e. The van der Waals surface area contributed by atoms with E-state index in [2.05, 4.69) is 22.6 Å². The molecule has 1 N–H and O–H groups in total. The molecule has 4 nitrogen and oxygen atoms in total. The van der Waals surface area contributed by atoms with E-state index in [-0.39, 0.29) is 0 Å². The van der Waals surface area contributed by atoms with E-state index < -0.39 is 10.0 Å². The lowest BCUT2D eigenvalue weighted by molar-refractivity contribution is 0.195. The minimum atomic E-state index is -3.45. The molecule has 0 bridgehead atoms. The van der Waals surface area contributed by atoms with E-state index in [0.29, 0.717) is 11.4 Å². The first kappa shape index (κ1) is 18.4. The first-order chi connectivity index (χ1) is 10.7. The van der Waals surface area contributed by atoms with Crippen molar-refractivity contribution in [1.82, 2.24) is 9.62 Å². The van der Waals surface area contributed by atoms with Gasteiger partial charge in [-0.15, -0.1) is 0 Å². The predicted molar refractivity (Wildman–Crippen MR) is 95.4 cm³/mol. The molecule has 2 rings (SSSR count). The van der Waals surface area contributed by atoms with Gasteiger partial charge in [0.1, 0.15) is 0 Å². The summed E-state index contributed by atoms with van der Waals surface area (Å²) in [6, 6.07) is 2.05. The average molecular weight is 339 g/mol. The molecule has 0 unspecified atom stereocenters. The number of piperidine rings is 1. The Balaban J connectivity index is 2.05. The molecule has 0 saturated carbocycles. The van der Waals surface area contributed by atoms with Crippen LogP contribution in [0.4, 0.5) is 0 Å². The number of rotatable bonds is 5. The summed E-state index contributed by atoms with van der Waals surface area (Å²) < 4.78 is 28.3. The lowest BCUT2D eigenvalue weighted by Gasteiger charge is -2.30. The van der Waals surface area contributed by atoms with Gasteiger partial charge in [-0.3, -0.25) is 0 Å². The van der Waals surface area contributed by atoms with Gasteiger partial charge in [0.05, 0.1) is 4.90 Å². The molecule has 130 valence electrons. The van der Waals surface area contributed by atoms with Gasteiger partial charge in [0.15, 0.2) is 0 Å². The van der Waals surface area contributed by atoms with Gasteiger partial charge in [-0.1, -0.05) is 13.0 Å². The van der Waals surface area contributed by atoms with Crippen LogP contribution in [0.3, 0.4) is 0 Å². The van der Waals surface area contributed by atoms with Gasteiger partial charge in [-0.25, -0.2) is 13.1 Å². The van der Waals surface area contributed by atoms with E-state index in [1.54, 1.807) is 0 Å². The van der Waals surface area contributed by atoms with Crippen molar-refractivity contribution in [2.24, 2.45) is 5.92 Å². The molecule has 0 spiro atoms. The average Bonchev–Trinajstić information content (AvgIpc) is 2.47. The van der Waals surface area contributed by atoms with E-state index >= 15 is 0 Å². The normalized spacial score (nSPS) is 17.6. The van der Waals surface area contributed by atoms with Crippen LogP contribution in [0.25, 0.3) is 0 Å². The number of benzene rings is 1. The predicted octanol–water partition coefficient (Wildman–Crippen LogP) is 2.93. The van der Waals surface area contributed by atoms with Crippen LogP contribution in [0.15, 0.2) is 11.0 Å². The molecular weight excluding hydrogens is 308 g/mol. The summed E-state index contributed by atoms with van der Waals surface area (Å²) in [7, 11) is -3.45. The summed E-state index contributed by atoms with van der Waals surface area (Å²) >= 11 is 0. The zero-order chi connectivity index (χ0) is 17.2. The molecule has 1 aromatic rings. The summed E-state index contributed by atoms with van der Waals surface area (Å²) in [5, 5.41) is 0. The summed E-state index contributed by atoms with van der Waals surface area (Å²) in [6.07, 6.45) is 2.42. The van der Waals surface area contributed by atoms with Crippen LogP contribution in [0.1, 0.15) is 42.0 Å². The van der Waals surface area contributed by atoms with Gasteiger partial charge in [-0.2, -0.15) is 0 Å².